The Morgan fingerprint density at radius 3 is 2.00 bits per heavy atom. The van der Waals surface area contributed by atoms with Crippen molar-refractivity contribution in [3.63, 3.8) is 0 Å². The Hall–Kier alpha value is -0.640. The van der Waals surface area contributed by atoms with E-state index in [4.69, 9.17) is 28.4 Å². The highest BCUT2D eigenvalue weighted by molar-refractivity contribution is 5.19. The highest BCUT2D eigenvalue weighted by Gasteiger charge is 2.72. The molecule has 316 valence electrons. The molecule has 0 radical (unpaired) electrons. The third-order valence-electron chi connectivity index (χ3n) is 16.6. The van der Waals surface area contributed by atoms with Gasteiger partial charge in [0.2, 0.25) is 0 Å². The Morgan fingerprint density at radius 1 is 0.691 bits per heavy atom. The van der Waals surface area contributed by atoms with Gasteiger partial charge in [-0.15, -0.1) is 0 Å². The first-order chi connectivity index (χ1) is 26.0. The second kappa shape index (κ2) is 14.5. The lowest BCUT2D eigenvalue weighted by Gasteiger charge is -2.66. The summed E-state index contributed by atoms with van der Waals surface area (Å²) in [6, 6.07) is 0. The topological polar surface area (TPSA) is 258 Å². The molecule has 8 rings (SSSR count). The molecule has 0 bridgehead atoms. The Morgan fingerprint density at radius 2 is 1.35 bits per heavy atom. The van der Waals surface area contributed by atoms with Crippen LogP contribution in [0.4, 0.5) is 0 Å². The number of rotatable bonds is 8. The van der Waals surface area contributed by atoms with Crippen molar-refractivity contribution in [1.82, 2.24) is 0 Å². The Bertz CT molecular complexity index is 1390. The molecule has 10 N–H and O–H groups in total. The van der Waals surface area contributed by atoms with Gasteiger partial charge < -0.3 is 79.5 Å². The van der Waals surface area contributed by atoms with Gasteiger partial charge in [-0.05, 0) is 85.9 Å². The van der Waals surface area contributed by atoms with Crippen molar-refractivity contribution in [2.45, 2.75) is 176 Å². The average molecular weight is 789 g/mol. The smallest absolute Gasteiger partial charge is 0.187 e. The second-order valence-electron chi connectivity index (χ2n) is 19.1. The summed E-state index contributed by atoms with van der Waals surface area (Å²) in [5, 5.41) is 104. The van der Waals surface area contributed by atoms with Gasteiger partial charge in [0.25, 0.3) is 0 Å². The van der Waals surface area contributed by atoms with Crippen molar-refractivity contribution >= 4 is 0 Å². The Kier molecular flexibility index (Phi) is 10.9. The summed E-state index contributed by atoms with van der Waals surface area (Å²) in [5.74, 6) is 0.196. The molecule has 0 aromatic heterocycles. The van der Waals surface area contributed by atoms with E-state index in [0.29, 0.717) is 43.9 Å². The van der Waals surface area contributed by atoms with Crippen LogP contribution < -0.4 is 0 Å². The predicted octanol–water partition coefficient (Wildman–Crippen LogP) is -1.36. The van der Waals surface area contributed by atoms with E-state index >= 15 is 0 Å². The van der Waals surface area contributed by atoms with Crippen LogP contribution in [0.1, 0.15) is 85.0 Å². The van der Waals surface area contributed by atoms with Gasteiger partial charge >= 0.3 is 0 Å². The van der Waals surface area contributed by atoms with Crippen LogP contribution in [-0.2, 0) is 28.4 Å². The lowest BCUT2D eigenvalue weighted by Crippen LogP contribution is -2.67. The van der Waals surface area contributed by atoms with Crippen molar-refractivity contribution in [2.24, 2.45) is 40.4 Å². The van der Waals surface area contributed by atoms with E-state index in [1.807, 2.05) is 0 Å². The van der Waals surface area contributed by atoms with E-state index in [1.54, 1.807) is 0 Å². The number of aliphatic hydroxyl groups excluding tert-OH is 10. The van der Waals surface area contributed by atoms with Gasteiger partial charge in [-0.1, -0.05) is 20.8 Å². The summed E-state index contributed by atoms with van der Waals surface area (Å²) >= 11 is 0. The highest BCUT2D eigenvalue weighted by Crippen LogP contribution is 2.73. The number of hydrogen-bond donors (Lipinski definition) is 10. The average Bonchev–Trinajstić information content (AvgIpc) is 3.78. The molecule has 4 saturated carbocycles. The summed E-state index contributed by atoms with van der Waals surface area (Å²) in [5.41, 5.74) is -2.44. The molecule has 0 aromatic rings. The van der Waals surface area contributed by atoms with Gasteiger partial charge in [0.1, 0.15) is 54.4 Å². The van der Waals surface area contributed by atoms with Crippen LogP contribution in [-0.4, -0.2) is 168 Å². The zero-order valence-electron chi connectivity index (χ0n) is 32.1. The molecule has 1 spiro atoms. The fraction of sp³-hybridized carbons (Fsp3) is 1.00. The molecule has 0 unspecified atom stereocenters. The minimum Gasteiger partial charge on any atom is -0.394 e. The molecular formula is C39H64O16. The summed E-state index contributed by atoms with van der Waals surface area (Å²) in [6.45, 7) is 5.16. The minimum atomic E-state index is -1.58. The first-order valence-electron chi connectivity index (χ1n) is 20.6. The van der Waals surface area contributed by atoms with Gasteiger partial charge in [0, 0.05) is 18.8 Å². The molecule has 22 atom stereocenters. The van der Waals surface area contributed by atoms with Gasteiger partial charge in [-0.3, -0.25) is 0 Å². The molecular weight excluding hydrogens is 724 g/mol. The van der Waals surface area contributed by atoms with E-state index in [2.05, 4.69) is 20.8 Å². The fourth-order valence-corrected chi connectivity index (χ4v) is 13.5. The van der Waals surface area contributed by atoms with E-state index in [-0.39, 0.29) is 47.9 Å². The van der Waals surface area contributed by atoms with Gasteiger partial charge in [-0.2, -0.15) is 0 Å². The first kappa shape index (κ1) is 41.1. The molecule has 0 aromatic carbocycles. The largest absolute Gasteiger partial charge is 0.394 e. The van der Waals surface area contributed by atoms with Crippen LogP contribution in [0.3, 0.4) is 0 Å². The number of fused-ring (bicyclic) bond motifs is 7. The predicted molar refractivity (Wildman–Crippen MR) is 187 cm³/mol. The number of hydrogen-bond acceptors (Lipinski definition) is 16. The van der Waals surface area contributed by atoms with Crippen molar-refractivity contribution in [1.29, 1.82) is 0 Å². The van der Waals surface area contributed by atoms with Crippen LogP contribution >= 0.6 is 0 Å². The Labute approximate surface area is 321 Å². The molecule has 4 saturated heterocycles. The van der Waals surface area contributed by atoms with Crippen LogP contribution in [0.25, 0.3) is 0 Å². The second-order valence-corrected chi connectivity index (χ2v) is 19.1. The maximum Gasteiger partial charge on any atom is 0.187 e. The van der Waals surface area contributed by atoms with Crippen LogP contribution in [0.15, 0.2) is 0 Å². The molecule has 4 heterocycles. The summed E-state index contributed by atoms with van der Waals surface area (Å²) in [4.78, 5) is 0. The standard InChI is InChI=1S/C39H64O16/c1-18-26-23(53-39(18)11-10-37(16-42,55-39)17-50-33-31(48)29(46)27(44)24(14-40)51-33)12-22-20-5-9-38(54-34-32(49)30(47)28(45)25(15-41)52-34)13-19(43)4-8-36(38,3)21(20)6-7-35(22,26)2/h18-34,40-49H,4-17H2,1-3H3/t18-,19-,20+,21-,22-,23-,24+,25+,26-,27+,28+,29-,30-,31+,32+,33+,34-,35-,36+,37-,38-,39-/m0/s1. The molecule has 8 fully saturated rings. The molecule has 8 aliphatic rings. The highest BCUT2D eigenvalue weighted by atomic mass is 16.8. The zero-order chi connectivity index (χ0) is 39.5. The first-order valence-corrected chi connectivity index (χ1v) is 20.6. The lowest BCUT2D eigenvalue weighted by molar-refractivity contribution is -0.361. The molecule has 0 amide bonds. The van der Waals surface area contributed by atoms with Crippen molar-refractivity contribution in [2.75, 3.05) is 26.4 Å². The molecule has 4 aliphatic heterocycles. The quantitative estimate of drug-likeness (QED) is 0.128. The monoisotopic (exact) mass is 788 g/mol. The maximum absolute atomic E-state index is 11.0. The van der Waals surface area contributed by atoms with Crippen LogP contribution in [0, 0.1) is 40.4 Å². The third-order valence-corrected chi connectivity index (χ3v) is 16.6. The third kappa shape index (κ3) is 6.14. The normalized spacial score (nSPS) is 59.0. The summed E-state index contributed by atoms with van der Waals surface area (Å²) < 4.78 is 37.8. The number of aliphatic hydroxyl groups is 10. The van der Waals surface area contributed by atoms with E-state index in [0.717, 1.165) is 32.1 Å². The van der Waals surface area contributed by atoms with Gasteiger partial charge in [0.05, 0.1) is 44.2 Å². The summed E-state index contributed by atoms with van der Waals surface area (Å²) in [7, 11) is 0. The lowest BCUT2D eigenvalue weighted by atomic mass is 9.43. The zero-order valence-corrected chi connectivity index (χ0v) is 32.1. The molecule has 55 heavy (non-hydrogen) atoms. The van der Waals surface area contributed by atoms with Crippen LogP contribution in [0.5, 0.6) is 0 Å². The van der Waals surface area contributed by atoms with Crippen molar-refractivity contribution < 1.29 is 79.5 Å². The SMILES string of the molecule is C[C@H]1[C@H]2[C@H](C[C@H]3[C@@H]4CC[C@]5(O[C@@H]6O[C@H](CO)[C@@H](O)[C@H](O)[C@H]6O)C[C@@H](O)CC[C@]5(C)[C@H]4CC[C@]23C)O[C@]12CC[C@](CO)(CO[C@@H]1O[C@H](CO)[C@@H](O)[C@H](O)[C@H]1O)O2. The number of ether oxygens (including phenoxy) is 6. The fourth-order valence-electron chi connectivity index (χ4n) is 13.5. The van der Waals surface area contributed by atoms with Crippen molar-refractivity contribution in [3.05, 3.63) is 0 Å². The van der Waals surface area contributed by atoms with E-state index in [9.17, 15) is 51.1 Å². The Balaban J connectivity index is 0.976. The van der Waals surface area contributed by atoms with E-state index < -0.39 is 97.7 Å². The van der Waals surface area contributed by atoms with E-state index in [1.165, 1.54) is 0 Å². The van der Waals surface area contributed by atoms with Gasteiger partial charge in [-0.25, -0.2) is 0 Å². The van der Waals surface area contributed by atoms with Gasteiger partial charge in [0.15, 0.2) is 18.4 Å². The minimum absolute atomic E-state index is 0.0117. The van der Waals surface area contributed by atoms with Crippen molar-refractivity contribution in [3.8, 4) is 0 Å². The maximum atomic E-state index is 11.0. The molecule has 16 heteroatoms. The summed E-state index contributed by atoms with van der Waals surface area (Å²) in [6.07, 6.45) is -7.86. The molecule has 16 nitrogen and oxygen atoms in total. The molecule has 4 aliphatic carbocycles. The van der Waals surface area contributed by atoms with Crippen LogP contribution in [0.2, 0.25) is 0 Å².